The molecule has 0 fully saturated rings. The van der Waals surface area contributed by atoms with Gasteiger partial charge in [-0.25, -0.2) is 0 Å². The van der Waals surface area contributed by atoms with Crippen LogP contribution < -0.4 is 10.6 Å². The van der Waals surface area contributed by atoms with E-state index in [4.69, 9.17) is 0 Å². The molecule has 0 aliphatic carbocycles. The molecule has 0 radical (unpaired) electrons. The summed E-state index contributed by atoms with van der Waals surface area (Å²) < 4.78 is 0. The molecule has 0 spiro atoms. The number of amides is 2. The van der Waals surface area contributed by atoms with Gasteiger partial charge >= 0.3 is 0 Å². The number of carbonyl (C=O) groups excluding carboxylic acids is 2. The number of phenols is 2. The van der Waals surface area contributed by atoms with Gasteiger partial charge in [0.2, 0.25) is 5.91 Å². The van der Waals surface area contributed by atoms with E-state index in [2.05, 4.69) is 10.6 Å². The number of phenolic OH excluding ortho intramolecular Hbond substituents is 2. The van der Waals surface area contributed by atoms with Gasteiger partial charge in [-0.2, -0.15) is 0 Å². The van der Waals surface area contributed by atoms with Crippen molar-refractivity contribution in [1.82, 2.24) is 10.6 Å². The van der Waals surface area contributed by atoms with Crippen LogP contribution in [0.15, 0.2) is 18.2 Å². The summed E-state index contributed by atoms with van der Waals surface area (Å²) in [5, 5.41) is 23.7. The number of aromatic hydroxyl groups is 2. The van der Waals surface area contributed by atoms with Crippen molar-refractivity contribution < 1.29 is 19.8 Å². The van der Waals surface area contributed by atoms with Crippen LogP contribution >= 0.6 is 0 Å². The first-order chi connectivity index (χ1) is 8.76. The van der Waals surface area contributed by atoms with Gasteiger partial charge in [-0.05, 0) is 26.0 Å². The van der Waals surface area contributed by atoms with Gasteiger partial charge in [0.25, 0.3) is 5.91 Å². The Kier molecular flexibility index (Phi) is 4.37. The summed E-state index contributed by atoms with van der Waals surface area (Å²) in [6.45, 7) is 3.54. The second kappa shape index (κ2) is 5.60. The third-order valence-corrected chi connectivity index (χ3v) is 2.70. The Labute approximate surface area is 111 Å². The molecule has 0 unspecified atom stereocenters. The van der Waals surface area contributed by atoms with Crippen LogP contribution in [0.2, 0.25) is 0 Å². The molecule has 6 heteroatoms. The van der Waals surface area contributed by atoms with Crippen molar-refractivity contribution in [3.05, 3.63) is 23.8 Å². The molecule has 0 atom stereocenters. The van der Waals surface area contributed by atoms with Crippen molar-refractivity contribution >= 4 is 11.8 Å². The molecule has 0 heterocycles. The number of rotatable bonds is 4. The molecule has 1 aromatic rings. The maximum absolute atomic E-state index is 11.8. The second-order valence-electron chi connectivity index (χ2n) is 4.88. The smallest absolute Gasteiger partial charge is 0.251 e. The fourth-order valence-corrected chi connectivity index (χ4v) is 1.55. The Bertz CT molecular complexity index is 477. The average molecular weight is 266 g/mol. The first-order valence-electron chi connectivity index (χ1n) is 5.79. The monoisotopic (exact) mass is 266 g/mol. The van der Waals surface area contributed by atoms with Crippen LogP contribution in [0, 0.1) is 5.41 Å². The minimum atomic E-state index is -0.747. The Morgan fingerprint density at radius 3 is 2.16 bits per heavy atom. The zero-order valence-electron chi connectivity index (χ0n) is 11.2. The highest BCUT2D eigenvalue weighted by atomic mass is 16.3. The first-order valence-corrected chi connectivity index (χ1v) is 5.79. The minimum Gasteiger partial charge on any atom is -0.508 e. The highest BCUT2D eigenvalue weighted by Gasteiger charge is 2.27. The van der Waals surface area contributed by atoms with Crippen molar-refractivity contribution in [2.24, 2.45) is 5.41 Å². The summed E-state index contributed by atoms with van der Waals surface area (Å²) in [4.78, 5) is 23.4. The summed E-state index contributed by atoms with van der Waals surface area (Å²) in [6, 6.07) is 3.61. The molecule has 1 aromatic carbocycles. The van der Waals surface area contributed by atoms with Crippen LogP contribution in [0.3, 0.4) is 0 Å². The van der Waals surface area contributed by atoms with Gasteiger partial charge in [-0.3, -0.25) is 9.59 Å². The van der Waals surface area contributed by atoms with Crippen LogP contribution in [0.25, 0.3) is 0 Å². The van der Waals surface area contributed by atoms with Crippen molar-refractivity contribution in [1.29, 1.82) is 0 Å². The Balaban J connectivity index is 2.73. The first kappa shape index (κ1) is 14.8. The zero-order valence-corrected chi connectivity index (χ0v) is 11.2. The molecule has 104 valence electrons. The summed E-state index contributed by atoms with van der Waals surface area (Å²) >= 11 is 0. The van der Waals surface area contributed by atoms with E-state index in [0.717, 1.165) is 6.07 Å². The lowest BCUT2D eigenvalue weighted by molar-refractivity contribution is -0.128. The van der Waals surface area contributed by atoms with E-state index in [-0.39, 0.29) is 29.5 Å². The van der Waals surface area contributed by atoms with E-state index in [1.807, 2.05) is 0 Å². The number of carbonyl (C=O) groups is 2. The van der Waals surface area contributed by atoms with E-state index in [1.54, 1.807) is 13.8 Å². The van der Waals surface area contributed by atoms with Crippen LogP contribution in [0.5, 0.6) is 11.5 Å². The molecule has 0 aliphatic heterocycles. The third-order valence-electron chi connectivity index (χ3n) is 2.70. The zero-order chi connectivity index (χ0) is 14.6. The fraction of sp³-hybridized carbons (Fsp3) is 0.385. The van der Waals surface area contributed by atoms with Crippen LogP contribution in [-0.4, -0.2) is 35.6 Å². The lowest BCUT2D eigenvalue weighted by Crippen LogP contribution is -2.43. The normalized spacial score (nSPS) is 10.9. The van der Waals surface area contributed by atoms with Crippen molar-refractivity contribution in [2.45, 2.75) is 13.8 Å². The van der Waals surface area contributed by atoms with Gasteiger partial charge in [0.05, 0.1) is 5.41 Å². The second-order valence-corrected chi connectivity index (χ2v) is 4.88. The molecule has 19 heavy (non-hydrogen) atoms. The van der Waals surface area contributed by atoms with Gasteiger partial charge in [0.15, 0.2) is 0 Å². The predicted molar refractivity (Wildman–Crippen MR) is 70.0 cm³/mol. The van der Waals surface area contributed by atoms with E-state index in [1.165, 1.54) is 19.2 Å². The SMILES string of the molecule is CNC(=O)C(C)(C)CNC(=O)c1cc(O)cc(O)c1. The lowest BCUT2D eigenvalue weighted by atomic mass is 9.92. The Morgan fingerprint density at radius 1 is 1.16 bits per heavy atom. The van der Waals surface area contributed by atoms with Crippen LogP contribution in [0.4, 0.5) is 0 Å². The molecule has 0 saturated heterocycles. The van der Waals surface area contributed by atoms with E-state index in [0.29, 0.717) is 0 Å². The third kappa shape index (κ3) is 3.87. The van der Waals surface area contributed by atoms with Gasteiger partial charge in [-0.1, -0.05) is 0 Å². The molecule has 2 amide bonds. The van der Waals surface area contributed by atoms with E-state index >= 15 is 0 Å². The van der Waals surface area contributed by atoms with Crippen molar-refractivity contribution in [3.63, 3.8) is 0 Å². The molecule has 4 N–H and O–H groups in total. The quantitative estimate of drug-likeness (QED) is 0.641. The van der Waals surface area contributed by atoms with E-state index in [9.17, 15) is 19.8 Å². The largest absolute Gasteiger partial charge is 0.508 e. The number of nitrogens with one attached hydrogen (secondary N) is 2. The molecule has 1 rings (SSSR count). The molecule has 0 bridgehead atoms. The van der Waals surface area contributed by atoms with Gasteiger partial charge in [-0.15, -0.1) is 0 Å². The lowest BCUT2D eigenvalue weighted by Gasteiger charge is -2.22. The highest BCUT2D eigenvalue weighted by Crippen LogP contribution is 2.20. The number of hydrogen-bond acceptors (Lipinski definition) is 4. The maximum Gasteiger partial charge on any atom is 0.251 e. The molecular weight excluding hydrogens is 248 g/mol. The molecule has 0 aromatic heterocycles. The predicted octanol–water partition coefficient (Wildman–Crippen LogP) is 0.600. The summed E-state index contributed by atoms with van der Waals surface area (Å²) in [6.07, 6.45) is 0. The standard InChI is InChI=1S/C13H18N2O4/c1-13(2,12(19)14-3)7-15-11(18)8-4-9(16)6-10(17)5-8/h4-6,16-17H,7H2,1-3H3,(H,14,19)(H,15,18). The summed E-state index contributed by atoms with van der Waals surface area (Å²) in [7, 11) is 1.53. The number of hydrogen-bond donors (Lipinski definition) is 4. The number of benzene rings is 1. The summed E-state index contributed by atoms with van der Waals surface area (Å²) in [5.41, 5.74) is -0.617. The van der Waals surface area contributed by atoms with E-state index < -0.39 is 11.3 Å². The van der Waals surface area contributed by atoms with Gasteiger partial charge in [0, 0.05) is 25.2 Å². The Hall–Kier alpha value is -2.24. The molecular formula is C13H18N2O4. The van der Waals surface area contributed by atoms with Gasteiger partial charge in [0.1, 0.15) is 11.5 Å². The topological polar surface area (TPSA) is 98.7 Å². The van der Waals surface area contributed by atoms with Crippen LogP contribution in [-0.2, 0) is 4.79 Å². The molecule has 0 aliphatic rings. The van der Waals surface area contributed by atoms with Crippen molar-refractivity contribution in [2.75, 3.05) is 13.6 Å². The Morgan fingerprint density at radius 2 is 1.68 bits per heavy atom. The molecule has 0 saturated carbocycles. The molecule has 6 nitrogen and oxygen atoms in total. The van der Waals surface area contributed by atoms with Gasteiger partial charge < -0.3 is 20.8 Å². The highest BCUT2D eigenvalue weighted by molar-refractivity contribution is 5.95. The van der Waals surface area contributed by atoms with Crippen LogP contribution in [0.1, 0.15) is 24.2 Å². The summed E-state index contributed by atoms with van der Waals surface area (Å²) in [5.74, 6) is -1.05. The average Bonchev–Trinajstić information content (AvgIpc) is 2.33. The fourth-order valence-electron chi connectivity index (χ4n) is 1.55. The van der Waals surface area contributed by atoms with Crippen molar-refractivity contribution in [3.8, 4) is 11.5 Å². The maximum atomic E-state index is 11.8. The minimum absolute atomic E-state index is 0.130.